The molecule has 0 aliphatic heterocycles. The van der Waals surface area contributed by atoms with E-state index in [-0.39, 0.29) is 0 Å². The van der Waals surface area contributed by atoms with E-state index in [1.165, 1.54) is 0 Å². The Morgan fingerprint density at radius 1 is 1.00 bits per heavy atom. The largest absolute Gasteiger partial charge is 0.414 e. The zero-order valence-corrected chi connectivity index (χ0v) is 16.4. The molecule has 6 nitrogen and oxygen atoms in total. The van der Waals surface area contributed by atoms with Gasteiger partial charge in [-0.05, 0) is 37.0 Å². The summed E-state index contributed by atoms with van der Waals surface area (Å²) in [5.41, 5.74) is 3.30. The first-order valence-electron chi connectivity index (χ1n) is 9.05. The fourth-order valence-electron chi connectivity index (χ4n) is 3.03. The third-order valence-corrected chi connectivity index (χ3v) is 4.63. The normalized spacial score (nSPS) is 11.2. The van der Waals surface area contributed by atoms with Gasteiger partial charge >= 0.3 is 0 Å². The summed E-state index contributed by atoms with van der Waals surface area (Å²) in [5, 5.41) is 8.97. The average molecular weight is 392 g/mol. The van der Waals surface area contributed by atoms with Gasteiger partial charge in [-0.15, -0.1) is 5.10 Å². The molecule has 0 unspecified atom stereocenters. The van der Waals surface area contributed by atoms with Gasteiger partial charge in [-0.25, -0.2) is 9.36 Å². The Hall–Kier alpha value is -3.03. The second-order valence-corrected chi connectivity index (χ2v) is 7.06. The van der Waals surface area contributed by atoms with Gasteiger partial charge in [-0.2, -0.15) is 5.10 Å². The highest BCUT2D eigenvalue weighted by molar-refractivity contribution is 7.71. The molecular formula is C21H21N5OS. The zero-order valence-electron chi connectivity index (χ0n) is 15.6. The van der Waals surface area contributed by atoms with Crippen molar-refractivity contribution in [1.29, 1.82) is 0 Å². The van der Waals surface area contributed by atoms with Crippen molar-refractivity contribution >= 4 is 12.2 Å². The van der Waals surface area contributed by atoms with Crippen LogP contribution in [-0.2, 0) is 19.6 Å². The van der Waals surface area contributed by atoms with E-state index in [4.69, 9.17) is 16.6 Å². The lowest BCUT2D eigenvalue weighted by atomic mass is 10.2. The van der Waals surface area contributed by atoms with Gasteiger partial charge in [0.25, 0.3) is 4.84 Å². The SMILES string of the molecule is CN(Cc1cnn(-c2ccccc2)c1)Cn1nc(Cc2ccccc2)oc1=S. The molecule has 4 aromatic rings. The molecule has 0 radical (unpaired) electrons. The van der Waals surface area contributed by atoms with Gasteiger partial charge < -0.3 is 4.42 Å². The summed E-state index contributed by atoms with van der Waals surface area (Å²) in [6.45, 7) is 1.28. The summed E-state index contributed by atoms with van der Waals surface area (Å²) >= 11 is 5.33. The lowest BCUT2D eigenvalue weighted by Crippen LogP contribution is -2.22. The third-order valence-electron chi connectivity index (χ3n) is 4.33. The summed E-state index contributed by atoms with van der Waals surface area (Å²) in [4.78, 5) is 2.51. The molecule has 0 N–H and O–H groups in total. The fourth-order valence-corrected chi connectivity index (χ4v) is 3.23. The van der Waals surface area contributed by atoms with E-state index in [9.17, 15) is 0 Å². The summed E-state index contributed by atoms with van der Waals surface area (Å²) < 4.78 is 9.25. The zero-order chi connectivity index (χ0) is 19.3. The van der Waals surface area contributed by atoms with E-state index in [1.54, 1.807) is 4.68 Å². The first-order chi connectivity index (χ1) is 13.7. The predicted octanol–water partition coefficient (Wildman–Crippen LogP) is 4.07. The maximum atomic E-state index is 5.66. The Labute approximate surface area is 168 Å². The summed E-state index contributed by atoms with van der Waals surface area (Å²) in [5.74, 6) is 0.626. The molecule has 0 saturated carbocycles. The van der Waals surface area contributed by atoms with E-state index in [2.05, 4.69) is 15.1 Å². The topological polar surface area (TPSA) is 52.0 Å². The van der Waals surface area contributed by atoms with Gasteiger partial charge in [0.15, 0.2) is 0 Å². The van der Waals surface area contributed by atoms with Crippen LogP contribution in [0.1, 0.15) is 17.0 Å². The van der Waals surface area contributed by atoms with Crippen molar-refractivity contribution in [3.63, 3.8) is 0 Å². The quantitative estimate of drug-likeness (QED) is 0.445. The molecule has 2 aromatic carbocycles. The van der Waals surface area contributed by atoms with Gasteiger partial charge in [0.05, 0.1) is 25.0 Å². The van der Waals surface area contributed by atoms with Crippen LogP contribution in [-0.4, -0.2) is 31.5 Å². The van der Waals surface area contributed by atoms with Crippen LogP contribution in [0.15, 0.2) is 77.5 Å². The first-order valence-corrected chi connectivity index (χ1v) is 9.46. The third kappa shape index (κ3) is 4.44. The van der Waals surface area contributed by atoms with Crippen LogP contribution in [0.25, 0.3) is 5.69 Å². The van der Waals surface area contributed by atoms with Gasteiger partial charge in [0, 0.05) is 18.3 Å². The Morgan fingerprint density at radius 3 is 2.46 bits per heavy atom. The van der Waals surface area contributed by atoms with Crippen molar-refractivity contribution in [1.82, 2.24) is 24.5 Å². The van der Waals surface area contributed by atoms with Crippen molar-refractivity contribution in [3.8, 4) is 5.69 Å². The molecule has 2 aromatic heterocycles. The number of nitrogens with zero attached hydrogens (tertiary/aromatic N) is 5. The molecule has 0 aliphatic rings. The highest BCUT2D eigenvalue weighted by Crippen LogP contribution is 2.11. The monoisotopic (exact) mass is 391 g/mol. The summed E-state index contributed by atoms with van der Waals surface area (Å²) in [6.07, 6.45) is 4.55. The molecule has 0 aliphatic carbocycles. The van der Waals surface area contributed by atoms with E-state index >= 15 is 0 Å². The molecule has 2 heterocycles. The second kappa shape index (κ2) is 8.33. The second-order valence-electron chi connectivity index (χ2n) is 6.71. The van der Waals surface area contributed by atoms with Gasteiger partial charge in [0.1, 0.15) is 0 Å². The van der Waals surface area contributed by atoms with Crippen LogP contribution in [0, 0.1) is 4.84 Å². The van der Waals surface area contributed by atoms with Gasteiger partial charge in [0.2, 0.25) is 5.89 Å². The molecule has 0 saturated heterocycles. The lowest BCUT2D eigenvalue weighted by molar-refractivity contribution is 0.240. The smallest absolute Gasteiger partial charge is 0.288 e. The van der Waals surface area contributed by atoms with Crippen molar-refractivity contribution in [2.24, 2.45) is 0 Å². The number of hydrogen-bond donors (Lipinski definition) is 0. The van der Waals surface area contributed by atoms with E-state index < -0.39 is 0 Å². The first kappa shape index (κ1) is 18.3. The van der Waals surface area contributed by atoms with Crippen LogP contribution in [0.3, 0.4) is 0 Å². The van der Waals surface area contributed by atoms with Crippen molar-refractivity contribution in [2.75, 3.05) is 7.05 Å². The van der Waals surface area contributed by atoms with Crippen molar-refractivity contribution in [2.45, 2.75) is 19.6 Å². The van der Waals surface area contributed by atoms with Gasteiger partial charge in [-0.3, -0.25) is 4.90 Å². The lowest BCUT2D eigenvalue weighted by Gasteiger charge is -2.14. The molecule has 0 atom stereocenters. The van der Waals surface area contributed by atoms with E-state index in [0.717, 1.165) is 23.4 Å². The molecule has 4 rings (SSSR count). The van der Waals surface area contributed by atoms with Crippen molar-refractivity contribution in [3.05, 3.63) is 94.9 Å². The van der Waals surface area contributed by atoms with E-state index in [0.29, 0.717) is 23.8 Å². The minimum Gasteiger partial charge on any atom is -0.414 e. The predicted molar refractivity (Wildman–Crippen MR) is 110 cm³/mol. The van der Waals surface area contributed by atoms with Crippen LogP contribution in [0.4, 0.5) is 0 Å². The maximum absolute atomic E-state index is 5.66. The van der Waals surface area contributed by atoms with E-state index in [1.807, 2.05) is 84.8 Å². The van der Waals surface area contributed by atoms with Crippen LogP contribution in [0.2, 0.25) is 0 Å². The van der Waals surface area contributed by atoms with Crippen LogP contribution < -0.4 is 0 Å². The maximum Gasteiger partial charge on any atom is 0.288 e. The van der Waals surface area contributed by atoms with Crippen LogP contribution in [0.5, 0.6) is 0 Å². The number of hydrogen-bond acceptors (Lipinski definition) is 5. The average Bonchev–Trinajstić information content (AvgIpc) is 3.30. The molecule has 28 heavy (non-hydrogen) atoms. The molecule has 7 heteroatoms. The highest BCUT2D eigenvalue weighted by Gasteiger charge is 2.10. The molecule has 0 spiro atoms. The number of benzene rings is 2. The minimum atomic E-state index is 0.387. The molecule has 0 bridgehead atoms. The summed E-state index contributed by atoms with van der Waals surface area (Å²) in [7, 11) is 2.02. The molecular weight excluding hydrogens is 370 g/mol. The van der Waals surface area contributed by atoms with Gasteiger partial charge in [-0.1, -0.05) is 48.5 Å². The Balaban J connectivity index is 1.40. The molecule has 0 fully saturated rings. The summed E-state index contributed by atoms with van der Waals surface area (Å²) in [6, 6.07) is 20.2. The minimum absolute atomic E-state index is 0.387. The highest BCUT2D eigenvalue weighted by atomic mass is 32.1. The standard InChI is InChI=1S/C21H21N5OS/c1-24(14-18-13-22-25(15-18)19-10-6-3-7-11-19)16-26-21(28)27-20(23-26)12-17-8-4-2-5-9-17/h2-11,13,15H,12,14,16H2,1H3. The number of para-hydroxylation sites is 1. The van der Waals surface area contributed by atoms with Crippen LogP contribution >= 0.6 is 12.2 Å². The van der Waals surface area contributed by atoms with Crippen molar-refractivity contribution < 1.29 is 4.42 Å². The number of aromatic nitrogens is 4. The Morgan fingerprint density at radius 2 is 1.71 bits per heavy atom. The molecule has 0 amide bonds. The Bertz CT molecular complexity index is 1080. The Kier molecular flexibility index (Phi) is 5.45. The fraction of sp³-hybridized carbons (Fsp3) is 0.190. The molecule has 142 valence electrons. The number of rotatable bonds is 7.